The predicted molar refractivity (Wildman–Crippen MR) is 77.4 cm³/mol. The number of fused-ring (bicyclic) bond motifs is 1. The third-order valence-corrected chi connectivity index (χ3v) is 3.27. The van der Waals surface area contributed by atoms with Gasteiger partial charge in [0.25, 0.3) is 0 Å². The summed E-state index contributed by atoms with van der Waals surface area (Å²) in [7, 11) is 0. The lowest BCUT2D eigenvalue weighted by atomic mass is 10.1. The van der Waals surface area contributed by atoms with Crippen LogP contribution in [0.15, 0.2) is 48.5 Å². The number of carboxylic acid groups (broad SMARTS) is 1. The molecule has 112 valence electrons. The van der Waals surface area contributed by atoms with Crippen LogP contribution in [0.25, 0.3) is 0 Å². The highest BCUT2D eigenvalue weighted by Gasteiger charge is 2.30. The van der Waals surface area contributed by atoms with Gasteiger partial charge in [-0.05, 0) is 29.8 Å². The van der Waals surface area contributed by atoms with E-state index in [0.29, 0.717) is 22.6 Å². The summed E-state index contributed by atoms with van der Waals surface area (Å²) in [6.07, 6.45) is -0.210. The second kappa shape index (κ2) is 5.38. The zero-order valence-electron chi connectivity index (χ0n) is 11.4. The van der Waals surface area contributed by atoms with Gasteiger partial charge >= 0.3 is 6.03 Å². The fourth-order valence-corrected chi connectivity index (χ4v) is 2.26. The molecule has 2 aromatic rings. The summed E-state index contributed by atoms with van der Waals surface area (Å²) < 4.78 is 0. The zero-order valence-corrected chi connectivity index (χ0v) is 11.4. The van der Waals surface area contributed by atoms with Gasteiger partial charge in [-0.15, -0.1) is 0 Å². The molecule has 7 heteroatoms. The van der Waals surface area contributed by atoms with Crippen molar-refractivity contribution >= 4 is 29.1 Å². The molecule has 0 aliphatic carbocycles. The molecule has 1 aliphatic heterocycles. The summed E-state index contributed by atoms with van der Waals surface area (Å²) >= 11 is 0. The van der Waals surface area contributed by atoms with Gasteiger partial charge < -0.3 is 15.2 Å². The Kier molecular flexibility index (Phi) is 3.40. The average molecular weight is 298 g/mol. The molecule has 0 spiro atoms. The van der Waals surface area contributed by atoms with Crippen molar-refractivity contribution in [1.82, 2.24) is 0 Å². The number of hydrogen-bond donors (Lipinski definition) is 2. The molecule has 22 heavy (non-hydrogen) atoms. The van der Waals surface area contributed by atoms with Gasteiger partial charge in [-0.2, -0.15) is 10.2 Å². The molecule has 0 aromatic heterocycles. The number of carbonyl (C=O) groups is 2. The Labute approximate surface area is 125 Å². The maximum Gasteiger partial charge on any atom is 0.347 e. The highest BCUT2D eigenvalue weighted by molar-refractivity contribution is 6.08. The summed E-state index contributed by atoms with van der Waals surface area (Å²) in [4.78, 5) is 22.7. The number of anilines is 3. The van der Waals surface area contributed by atoms with Gasteiger partial charge in [-0.3, -0.25) is 5.21 Å². The molecular weight excluding hydrogens is 286 g/mol. The van der Waals surface area contributed by atoms with Crippen LogP contribution in [0, 0.1) is 0 Å². The third kappa shape index (κ3) is 2.45. The number of para-hydroxylation sites is 2. The van der Waals surface area contributed by atoms with Gasteiger partial charge in [0.05, 0.1) is 11.4 Å². The first-order chi connectivity index (χ1) is 10.6. The molecule has 1 heterocycles. The zero-order chi connectivity index (χ0) is 15.7. The molecule has 2 amide bonds. The monoisotopic (exact) mass is 298 g/mol. The maximum absolute atomic E-state index is 12.1. The first-order valence-corrected chi connectivity index (χ1v) is 6.54. The number of aliphatic carboxylic acids is 1. The van der Waals surface area contributed by atoms with Gasteiger partial charge in [-0.25, -0.2) is 4.79 Å². The summed E-state index contributed by atoms with van der Waals surface area (Å²) in [6.45, 7) is 0. The van der Waals surface area contributed by atoms with E-state index in [0.717, 1.165) is 10.2 Å². The lowest BCUT2D eigenvalue weighted by molar-refractivity contribution is -0.304. The third-order valence-electron chi connectivity index (χ3n) is 3.27. The molecule has 0 saturated heterocycles. The lowest BCUT2D eigenvalue weighted by Crippen LogP contribution is -2.50. The van der Waals surface area contributed by atoms with Crippen molar-refractivity contribution in [2.24, 2.45) is 0 Å². The number of rotatable bonds is 3. The van der Waals surface area contributed by atoms with Gasteiger partial charge in [0.15, 0.2) is 0 Å². The van der Waals surface area contributed by atoms with E-state index in [1.165, 1.54) is 0 Å². The Bertz CT molecular complexity index is 730. The SMILES string of the molecule is O=C([O-])Cc1ccc(N2C(=O)Nc3ccccc3N2O)cc1. The number of carboxylic acids is 1. The van der Waals surface area contributed by atoms with Crippen LogP contribution in [0.3, 0.4) is 0 Å². The van der Waals surface area contributed by atoms with Gasteiger partial charge in [0, 0.05) is 12.4 Å². The van der Waals surface area contributed by atoms with E-state index in [4.69, 9.17) is 0 Å². The summed E-state index contributed by atoms with van der Waals surface area (Å²) in [5, 5.41) is 25.3. The summed E-state index contributed by atoms with van der Waals surface area (Å²) in [6, 6.07) is 12.5. The Morgan fingerprint density at radius 2 is 1.82 bits per heavy atom. The molecule has 1 aliphatic rings. The van der Waals surface area contributed by atoms with Crippen LogP contribution in [0.1, 0.15) is 5.56 Å². The molecule has 2 aromatic carbocycles. The van der Waals surface area contributed by atoms with Crippen molar-refractivity contribution in [2.45, 2.75) is 6.42 Å². The predicted octanol–water partition coefficient (Wildman–Crippen LogP) is 1.14. The van der Waals surface area contributed by atoms with Crippen molar-refractivity contribution in [1.29, 1.82) is 0 Å². The second-order valence-electron chi connectivity index (χ2n) is 4.76. The molecule has 0 atom stereocenters. The number of hydrogen-bond acceptors (Lipinski definition) is 5. The Morgan fingerprint density at radius 1 is 1.14 bits per heavy atom. The molecule has 0 fully saturated rings. The van der Waals surface area contributed by atoms with Crippen LogP contribution in [-0.4, -0.2) is 17.2 Å². The van der Waals surface area contributed by atoms with Crippen molar-refractivity contribution in [3.05, 3.63) is 54.1 Å². The second-order valence-corrected chi connectivity index (χ2v) is 4.76. The summed E-state index contributed by atoms with van der Waals surface area (Å²) in [5.41, 5.74) is 1.88. The molecule has 2 N–H and O–H groups in total. The summed E-state index contributed by atoms with van der Waals surface area (Å²) in [5.74, 6) is -1.18. The first-order valence-electron chi connectivity index (χ1n) is 6.54. The van der Waals surface area contributed by atoms with Crippen LogP contribution in [-0.2, 0) is 11.2 Å². The number of amides is 2. The smallest absolute Gasteiger partial charge is 0.347 e. The Balaban J connectivity index is 1.91. The normalized spacial score (nSPS) is 13.6. The molecule has 3 rings (SSSR count). The standard InChI is InChI=1S/C15H13N3O4/c19-14(20)9-10-5-7-11(8-6-10)17-15(21)16-12-3-1-2-4-13(12)18(17)22/h1-8,22H,9H2,(H,16,21)(H,19,20)/p-1. The minimum atomic E-state index is -1.18. The van der Waals surface area contributed by atoms with Crippen LogP contribution in [0.5, 0.6) is 0 Å². The van der Waals surface area contributed by atoms with Crippen molar-refractivity contribution < 1.29 is 19.9 Å². The van der Waals surface area contributed by atoms with E-state index in [2.05, 4.69) is 5.32 Å². The van der Waals surface area contributed by atoms with Gasteiger partial charge in [-0.1, -0.05) is 24.3 Å². The number of urea groups is 1. The van der Waals surface area contributed by atoms with E-state index in [1.807, 2.05) is 0 Å². The lowest BCUT2D eigenvalue weighted by Gasteiger charge is -2.36. The molecule has 7 nitrogen and oxygen atoms in total. The van der Waals surface area contributed by atoms with E-state index < -0.39 is 12.0 Å². The van der Waals surface area contributed by atoms with Crippen LogP contribution < -0.4 is 20.6 Å². The van der Waals surface area contributed by atoms with E-state index in [-0.39, 0.29) is 6.42 Å². The Hall–Kier alpha value is -3.06. The van der Waals surface area contributed by atoms with Crippen molar-refractivity contribution in [3.63, 3.8) is 0 Å². The molecule has 0 unspecified atom stereocenters. The van der Waals surface area contributed by atoms with Crippen molar-refractivity contribution in [3.8, 4) is 0 Å². The van der Waals surface area contributed by atoms with Crippen LogP contribution >= 0.6 is 0 Å². The van der Waals surface area contributed by atoms with Crippen molar-refractivity contribution in [2.75, 3.05) is 15.5 Å². The van der Waals surface area contributed by atoms with E-state index >= 15 is 0 Å². The number of hydrazine groups is 1. The highest BCUT2D eigenvalue weighted by Crippen LogP contribution is 2.32. The van der Waals surface area contributed by atoms with Gasteiger partial charge in [0.2, 0.25) is 0 Å². The molecule has 0 saturated carbocycles. The number of nitrogens with zero attached hydrogens (tertiary/aromatic N) is 2. The van der Waals surface area contributed by atoms with Crippen LogP contribution in [0.4, 0.5) is 21.9 Å². The topological polar surface area (TPSA) is 95.9 Å². The fraction of sp³-hybridized carbons (Fsp3) is 0.0667. The molecular formula is C15H12N3O4-. The number of nitrogens with one attached hydrogen (secondary N) is 1. The molecule has 0 radical (unpaired) electrons. The van der Waals surface area contributed by atoms with Crippen LogP contribution in [0.2, 0.25) is 0 Å². The number of benzene rings is 2. The first kappa shape index (κ1) is 13.9. The largest absolute Gasteiger partial charge is 0.550 e. The minimum Gasteiger partial charge on any atom is -0.550 e. The maximum atomic E-state index is 12.1. The highest BCUT2D eigenvalue weighted by atomic mass is 16.6. The fourth-order valence-electron chi connectivity index (χ4n) is 2.26. The number of carbonyl (C=O) groups excluding carboxylic acids is 2. The average Bonchev–Trinajstić information content (AvgIpc) is 2.48. The Morgan fingerprint density at radius 3 is 2.50 bits per heavy atom. The van der Waals surface area contributed by atoms with Gasteiger partial charge in [0.1, 0.15) is 5.69 Å². The van der Waals surface area contributed by atoms with E-state index in [9.17, 15) is 19.9 Å². The molecule has 0 bridgehead atoms. The van der Waals surface area contributed by atoms with E-state index in [1.54, 1.807) is 48.5 Å². The quantitative estimate of drug-likeness (QED) is 0.886. The minimum absolute atomic E-state index is 0.210.